The van der Waals surface area contributed by atoms with Crippen molar-refractivity contribution in [2.45, 2.75) is 19.9 Å². The van der Waals surface area contributed by atoms with Gasteiger partial charge in [-0.2, -0.15) is 0 Å². The van der Waals surface area contributed by atoms with Crippen LogP contribution in [0.1, 0.15) is 22.3 Å². The summed E-state index contributed by atoms with van der Waals surface area (Å²) in [6.45, 7) is 2.27. The van der Waals surface area contributed by atoms with Crippen LogP contribution < -0.4 is 15.4 Å². The van der Waals surface area contributed by atoms with Crippen LogP contribution in [-0.2, 0) is 21.4 Å². The fourth-order valence-electron chi connectivity index (χ4n) is 2.82. The number of carbonyl (C=O) groups is 2. The first-order valence-corrected chi connectivity index (χ1v) is 11.3. The largest absolute Gasteiger partial charge is 0.337 e. The lowest BCUT2D eigenvalue weighted by atomic mass is 10.1. The van der Waals surface area contributed by atoms with Gasteiger partial charge in [-0.3, -0.25) is 14.3 Å². The van der Waals surface area contributed by atoms with Gasteiger partial charge in [-0.1, -0.05) is 12.1 Å². The molecule has 0 saturated heterocycles. The average Bonchev–Trinajstić information content (AvgIpc) is 3.22. The minimum Gasteiger partial charge on any atom is -0.337 e. The van der Waals surface area contributed by atoms with Gasteiger partial charge in [0.25, 0.3) is 5.91 Å². The van der Waals surface area contributed by atoms with Gasteiger partial charge in [0.15, 0.2) is 0 Å². The van der Waals surface area contributed by atoms with E-state index in [0.717, 1.165) is 11.8 Å². The minimum absolute atomic E-state index is 0.179. The summed E-state index contributed by atoms with van der Waals surface area (Å²) < 4.78 is 27.2. The van der Waals surface area contributed by atoms with Crippen LogP contribution in [0.3, 0.4) is 0 Å². The molecule has 0 fully saturated rings. The highest BCUT2D eigenvalue weighted by Crippen LogP contribution is 2.22. The smallest absolute Gasteiger partial charge is 0.255 e. The van der Waals surface area contributed by atoms with E-state index in [2.05, 4.69) is 20.3 Å². The molecule has 31 heavy (non-hydrogen) atoms. The van der Waals surface area contributed by atoms with Crippen molar-refractivity contribution in [1.29, 1.82) is 0 Å². The molecule has 0 radical (unpaired) electrons. The molecule has 3 rings (SSSR count). The van der Waals surface area contributed by atoms with Gasteiger partial charge >= 0.3 is 0 Å². The summed E-state index contributed by atoms with van der Waals surface area (Å²) in [7, 11) is -3.44. The van der Waals surface area contributed by atoms with Crippen LogP contribution in [0.25, 0.3) is 0 Å². The molecule has 2 aromatic carbocycles. The summed E-state index contributed by atoms with van der Waals surface area (Å²) in [4.78, 5) is 28.7. The summed E-state index contributed by atoms with van der Waals surface area (Å²) in [5.41, 5.74) is 2.41. The predicted octanol–water partition coefficient (Wildman–Crippen LogP) is 2.84. The zero-order valence-corrected chi connectivity index (χ0v) is 17.9. The minimum atomic E-state index is -3.44. The first-order valence-electron chi connectivity index (χ1n) is 9.45. The Morgan fingerprint density at radius 1 is 1.06 bits per heavy atom. The number of aromatic nitrogens is 2. The van der Waals surface area contributed by atoms with E-state index in [4.69, 9.17) is 0 Å². The van der Waals surface area contributed by atoms with E-state index in [0.29, 0.717) is 29.2 Å². The second-order valence-electron chi connectivity index (χ2n) is 7.04. The molecule has 0 bridgehead atoms. The molecule has 162 valence electrons. The Kier molecular flexibility index (Phi) is 6.71. The lowest BCUT2D eigenvalue weighted by Crippen LogP contribution is -2.16. The number of hydrogen-bond acceptors (Lipinski definition) is 5. The van der Waals surface area contributed by atoms with Crippen molar-refractivity contribution >= 4 is 38.9 Å². The van der Waals surface area contributed by atoms with Crippen LogP contribution in [-0.4, -0.2) is 36.0 Å². The molecule has 10 heteroatoms. The van der Waals surface area contributed by atoms with E-state index in [-0.39, 0.29) is 18.2 Å². The number of rotatable bonds is 8. The molecule has 1 aromatic heterocycles. The second-order valence-corrected chi connectivity index (χ2v) is 8.79. The number of imidazole rings is 1. The standard InChI is InChI=1S/C21H23N5O4S/c1-15-6-7-18(13-19(15)25-31(2,29)30)24-21(28)16-4-3-5-17(12-16)23-20(27)8-10-26-11-9-22-14-26/h3-7,9,11-14,25H,8,10H2,1-2H3,(H,23,27)(H,24,28). The van der Waals surface area contributed by atoms with Crippen molar-refractivity contribution in [2.75, 3.05) is 21.6 Å². The SMILES string of the molecule is Cc1ccc(NC(=O)c2cccc(NC(=O)CCn3ccnc3)c2)cc1NS(C)(=O)=O. The molecule has 0 saturated carbocycles. The Hall–Kier alpha value is -3.66. The number of carbonyl (C=O) groups excluding carboxylic acids is 2. The van der Waals surface area contributed by atoms with E-state index in [1.54, 1.807) is 72.7 Å². The topological polar surface area (TPSA) is 122 Å². The molecule has 0 aliphatic rings. The monoisotopic (exact) mass is 441 g/mol. The number of hydrogen-bond donors (Lipinski definition) is 3. The molecule has 9 nitrogen and oxygen atoms in total. The molecule has 0 spiro atoms. The van der Waals surface area contributed by atoms with Gasteiger partial charge in [0.1, 0.15) is 0 Å². The van der Waals surface area contributed by atoms with Crippen LogP contribution in [0.4, 0.5) is 17.1 Å². The average molecular weight is 442 g/mol. The number of sulfonamides is 1. The molecule has 0 unspecified atom stereocenters. The third kappa shape index (κ3) is 6.68. The van der Waals surface area contributed by atoms with E-state index >= 15 is 0 Å². The number of anilines is 3. The van der Waals surface area contributed by atoms with Crippen molar-refractivity contribution in [1.82, 2.24) is 9.55 Å². The van der Waals surface area contributed by atoms with Gasteiger partial charge < -0.3 is 15.2 Å². The highest BCUT2D eigenvalue weighted by molar-refractivity contribution is 7.92. The first-order chi connectivity index (χ1) is 14.7. The van der Waals surface area contributed by atoms with Gasteiger partial charge in [-0.15, -0.1) is 0 Å². The van der Waals surface area contributed by atoms with Crippen LogP contribution >= 0.6 is 0 Å². The van der Waals surface area contributed by atoms with Crippen molar-refractivity contribution in [3.63, 3.8) is 0 Å². The van der Waals surface area contributed by atoms with Crippen LogP contribution in [0, 0.1) is 6.92 Å². The van der Waals surface area contributed by atoms with Crippen LogP contribution in [0.2, 0.25) is 0 Å². The molecule has 0 atom stereocenters. The highest BCUT2D eigenvalue weighted by Gasteiger charge is 2.11. The van der Waals surface area contributed by atoms with E-state index in [9.17, 15) is 18.0 Å². The molecule has 3 aromatic rings. The predicted molar refractivity (Wildman–Crippen MR) is 120 cm³/mol. The summed E-state index contributed by atoms with van der Waals surface area (Å²) >= 11 is 0. The highest BCUT2D eigenvalue weighted by atomic mass is 32.2. The Bertz CT molecular complexity index is 1190. The lowest BCUT2D eigenvalue weighted by Gasteiger charge is -2.12. The number of benzene rings is 2. The van der Waals surface area contributed by atoms with Gasteiger partial charge in [-0.25, -0.2) is 13.4 Å². The third-order valence-electron chi connectivity index (χ3n) is 4.36. The molecule has 0 aliphatic carbocycles. The fraction of sp³-hybridized carbons (Fsp3) is 0.190. The van der Waals surface area contributed by atoms with Crippen LogP contribution in [0.15, 0.2) is 61.2 Å². The molecule has 1 heterocycles. The molecule has 2 amide bonds. The molecular weight excluding hydrogens is 418 g/mol. The first kappa shape index (κ1) is 22.0. The van der Waals surface area contributed by atoms with Crippen LogP contribution in [0.5, 0.6) is 0 Å². The van der Waals surface area contributed by atoms with Gasteiger partial charge in [0.05, 0.1) is 18.3 Å². The number of aryl methyl sites for hydroxylation is 2. The maximum Gasteiger partial charge on any atom is 0.255 e. The van der Waals surface area contributed by atoms with Crippen molar-refractivity contribution in [2.24, 2.45) is 0 Å². The fourth-order valence-corrected chi connectivity index (χ4v) is 3.44. The zero-order chi connectivity index (χ0) is 22.4. The molecular formula is C21H23N5O4S. The Balaban J connectivity index is 1.64. The maximum absolute atomic E-state index is 12.6. The van der Waals surface area contributed by atoms with E-state index < -0.39 is 10.0 Å². The van der Waals surface area contributed by atoms with Gasteiger partial charge in [-0.05, 0) is 42.8 Å². The van der Waals surface area contributed by atoms with Crippen molar-refractivity contribution in [3.8, 4) is 0 Å². The van der Waals surface area contributed by atoms with Gasteiger partial charge in [0, 0.05) is 42.3 Å². The second kappa shape index (κ2) is 9.43. The number of nitrogens with zero attached hydrogens (tertiary/aromatic N) is 2. The molecule has 0 aliphatic heterocycles. The van der Waals surface area contributed by atoms with Gasteiger partial charge in [0.2, 0.25) is 15.9 Å². The number of amides is 2. The normalized spacial score (nSPS) is 11.0. The Labute approximate surface area is 180 Å². The van der Waals surface area contributed by atoms with Crippen molar-refractivity contribution < 1.29 is 18.0 Å². The van der Waals surface area contributed by atoms with E-state index in [1.807, 2.05) is 0 Å². The Morgan fingerprint density at radius 3 is 2.55 bits per heavy atom. The third-order valence-corrected chi connectivity index (χ3v) is 4.95. The summed E-state index contributed by atoms with van der Waals surface area (Å²) in [5, 5.41) is 5.52. The molecule has 3 N–H and O–H groups in total. The lowest BCUT2D eigenvalue weighted by molar-refractivity contribution is -0.116. The summed E-state index contributed by atoms with van der Waals surface area (Å²) in [6, 6.07) is 11.5. The summed E-state index contributed by atoms with van der Waals surface area (Å²) in [6.07, 6.45) is 6.40. The quantitative estimate of drug-likeness (QED) is 0.496. The Morgan fingerprint density at radius 2 is 1.84 bits per heavy atom. The maximum atomic E-state index is 12.6. The zero-order valence-electron chi connectivity index (χ0n) is 17.1. The van der Waals surface area contributed by atoms with E-state index in [1.165, 1.54) is 0 Å². The van der Waals surface area contributed by atoms with Crippen molar-refractivity contribution in [3.05, 3.63) is 72.3 Å². The summed E-state index contributed by atoms with van der Waals surface area (Å²) in [5.74, 6) is -0.565. The number of nitrogens with one attached hydrogen (secondary N) is 3.